The number of aliphatic hydroxyl groups is 2. The van der Waals surface area contributed by atoms with Crippen molar-refractivity contribution in [2.45, 2.75) is 0 Å². The highest BCUT2D eigenvalue weighted by Crippen LogP contribution is 2.22. The minimum atomic E-state index is -0.434. The van der Waals surface area contributed by atoms with E-state index < -0.39 is 6.03 Å². The van der Waals surface area contributed by atoms with E-state index >= 15 is 0 Å². The molecule has 18 heavy (non-hydrogen) atoms. The monoisotopic (exact) mass is 292 g/mol. The van der Waals surface area contributed by atoms with Gasteiger partial charge in [-0.3, -0.25) is 0 Å². The smallest absolute Gasteiger partial charge is 0.322 e. The molecule has 0 unspecified atom stereocenters. The molecule has 5 nitrogen and oxygen atoms in total. The van der Waals surface area contributed by atoms with E-state index in [1.54, 1.807) is 18.2 Å². The number of hydrogen-bond acceptors (Lipinski definition) is 3. The summed E-state index contributed by atoms with van der Waals surface area (Å²) < 4.78 is 0. The van der Waals surface area contributed by atoms with Crippen LogP contribution in [0.3, 0.4) is 0 Å². The van der Waals surface area contributed by atoms with E-state index in [0.717, 1.165) is 0 Å². The molecule has 2 amide bonds. The first kappa shape index (κ1) is 15.0. The van der Waals surface area contributed by atoms with Crippen LogP contribution in [-0.2, 0) is 0 Å². The second-order valence-corrected chi connectivity index (χ2v) is 4.40. The Bertz CT molecular complexity index is 389. The minimum absolute atomic E-state index is 0.140. The minimum Gasteiger partial charge on any atom is -0.395 e. The average Bonchev–Trinajstić information content (AvgIpc) is 2.27. The summed E-state index contributed by atoms with van der Waals surface area (Å²) >= 11 is 11.6. The van der Waals surface area contributed by atoms with Gasteiger partial charge in [-0.05, 0) is 18.2 Å². The predicted molar refractivity (Wildman–Crippen MR) is 71.2 cm³/mol. The molecule has 0 fully saturated rings. The fraction of sp³-hybridized carbons (Fsp3) is 0.364. The highest BCUT2D eigenvalue weighted by atomic mass is 35.5. The van der Waals surface area contributed by atoms with Gasteiger partial charge in [0.05, 0.1) is 13.2 Å². The fourth-order valence-corrected chi connectivity index (χ4v) is 1.91. The zero-order valence-electron chi connectivity index (χ0n) is 9.57. The highest BCUT2D eigenvalue weighted by molar-refractivity contribution is 6.35. The molecule has 0 atom stereocenters. The number of rotatable bonds is 5. The molecular weight excluding hydrogens is 279 g/mol. The molecule has 0 saturated carbocycles. The molecule has 0 spiro atoms. The quantitative estimate of drug-likeness (QED) is 0.775. The lowest BCUT2D eigenvalue weighted by Gasteiger charge is -2.21. The SMILES string of the molecule is O=C(Nc1cc(Cl)cc(Cl)c1)N(CCO)CCO. The van der Waals surface area contributed by atoms with Gasteiger partial charge in [0.1, 0.15) is 0 Å². The van der Waals surface area contributed by atoms with Crippen LogP contribution in [0.4, 0.5) is 10.5 Å². The van der Waals surface area contributed by atoms with Crippen molar-refractivity contribution in [1.82, 2.24) is 4.90 Å². The molecule has 0 aliphatic rings. The highest BCUT2D eigenvalue weighted by Gasteiger charge is 2.12. The Kier molecular flexibility index (Phi) is 6.21. The van der Waals surface area contributed by atoms with Gasteiger partial charge in [-0.1, -0.05) is 23.2 Å². The number of amides is 2. The van der Waals surface area contributed by atoms with Gasteiger partial charge in [0, 0.05) is 28.8 Å². The summed E-state index contributed by atoms with van der Waals surface area (Å²) in [5.74, 6) is 0. The number of benzene rings is 1. The lowest BCUT2D eigenvalue weighted by atomic mass is 10.3. The van der Waals surface area contributed by atoms with Crippen molar-refractivity contribution in [2.75, 3.05) is 31.6 Å². The van der Waals surface area contributed by atoms with Crippen LogP contribution in [0.15, 0.2) is 18.2 Å². The summed E-state index contributed by atoms with van der Waals surface area (Å²) in [7, 11) is 0. The third kappa shape index (κ3) is 4.70. The maximum atomic E-state index is 11.8. The second-order valence-electron chi connectivity index (χ2n) is 3.52. The topological polar surface area (TPSA) is 72.8 Å². The number of nitrogens with one attached hydrogen (secondary N) is 1. The largest absolute Gasteiger partial charge is 0.395 e. The molecule has 0 bridgehead atoms. The molecule has 7 heteroatoms. The van der Waals surface area contributed by atoms with E-state index in [9.17, 15) is 4.79 Å². The van der Waals surface area contributed by atoms with Crippen LogP contribution in [0.5, 0.6) is 0 Å². The first-order valence-electron chi connectivity index (χ1n) is 5.30. The third-order valence-electron chi connectivity index (χ3n) is 2.14. The molecule has 0 aliphatic carbocycles. The Balaban J connectivity index is 2.72. The van der Waals surface area contributed by atoms with Gasteiger partial charge in [-0.2, -0.15) is 0 Å². The Labute approximate surface area is 115 Å². The molecule has 0 radical (unpaired) electrons. The average molecular weight is 293 g/mol. The number of halogens is 2. The van der Waals surface area contributed by atoms with E-state index in [-0.39, 0.29) is 26.3 Å². The molecular formula is C11H14Cl2N2O3. The van der Waals surface area contributed by atoms with E-state index in [2.05, 4.69) is 5.32 Å². The van der Waals surface area contributed by atoms with Gasteiger partial charge < -0.3 is 20.4 Å². The number of carbonyl (C=O) groups is 1. The Hall–Kier alpha value is -1.01. The van der Waals surface area contributed by atoms with Crippen LogP contribution in [0.1, 0.15) is 0 Å². The molecule has 0 saturated heterocycles. The molecule has 1 aromatic carbocycles. The number of aliphatic hydroxyl groups excluding tert-OH is 2. The van der Waals surface area contributed by atoms with Crippen LogP contribution >= 0.6 is 23.2 Å². The van der Waals surface area contributed by atoms with Crippen molar-refractivity contribution >= 4 is 34.9 Å². The van der Waals surface area contributed by atoms with Crippen molar-refractivity contribution in [1.29, 1.82) is 0 Å². The van der Waals surface area contributed by atoms with Gasteiger partial charge in [0.2, 0.25) is 0 Å². The summed E-state index contributed by atoms with van der Waals surface area (Å²) in [5, 5.41) is 21.1. The van der Waals surface area contributed by atoms with Crippen LogP contribution in [0.2, 0.25) is 10.0 Å². The van der Waals surface area contributed by atoms with E-state index in [4.69, 9.17) is 33.4 Å². The van der Waals surface area contributed by atoms with E-state index in [0.29, 0.717) is 15.7 Å². The molecule has 0 aliphatic heterocycles. The van der Waals surface area contributed by atoms with Crippen LogP contribution < -0.4 is 5.32 Å². The molecule has 100 valence electrons. The Morgan fingerprint density at radius 1 is 1.11 bits per heavy atom. The lowest BCUT2D eigenvalue weighted by Crippen LogP contribution is -2.38. The van der Waals surface area contributed by atoms with Gasteiger partial charge in [0.25, 0.3) is 0 Å². The number of anilines is 1. The Morgan fingerprint density at radius 2 is 1.61 bits per heavy atom. The molecule has 1 aromatic rings. The first-order chi connectivity index (χ1) is 8.56. The van der Waals surface area contributed by atoms with Gasteiger partial charge in [-0.15, -0.1) is 0 Å². The van der Waals surface area contributed by atoms with Crippen molar-refractivity contribution < 1.29 is 15.0 Å². The van der Waals surface area contributed by atoms with Crippen LogP contribution in [-0.4, -0.2) is 47.4 Å². The van der Waals surface area contributed by atoms with Gasteiger partial charge >= 0.3 is 6.03 Å². The first-order valence-corrected chi connectivity index (χ1v) is 6.06. The number of nitrogens with zero attached hydrogens (tertiary/aromatic N) is 1. The van der Waals surface area contributed by atoms with Crippen molar-refractivity contribution in [3.63, 3.8) is 0 Å². The van der Waals surface area contributed by atoms with E-state index in [1.165, 1.54) is 4.90 Å². The normalized spacial score (nSPS) is 10.2. The molecule has 3 N–H and O–H groups in total. The molecule has 0 heterocycles. The Morgan fingerprint density at radius 3 is 2.06 bits per heavy atom. The van der Waals surface area contributed by atoms with Crippen molar-refractivity contribution in [2.24, 2.45) is 0 Å². The lowest BCUT2D eigenvalue weighted by molar-refractivity contribution is 0.167. The number of hydrogen-bond donors (Lipinski definition) is 3. The van der Waals surface area contributed by atoms with E-state index in [1.807, 2.05) is 0 Å². The third-order valence-corrected chi connectivity index (χ3v) is 2.58. The second kappa shape index (κ2) is 7.43. The summed E-state index contributed by atoms with van der Waals surface area (Å²) in [6, 6.07) is 4.23. The molecule has 0 aromatic heterocycles. The van der Waals surface area contributed by atoms with Crippen molar-refractivity contribution in [3.05, 3.63) is 28.2 Å². The number of urea groups is 1. The zero-order chi connectivity index (χ0) is 13.5. The zero-order valence-corrected chi connectivity index (χ0v) is 11.1. The molecule has 1 rings (SSSR count). The standard InChI is InChI=1S/C11H14Cl2N2O3/c12-8-5-9(13)7-10(6-8)14-11(18)15(1-3-16)2-4-17/h5-7,16-17H,1-4H2,(H,14,18). The number of carbonyl (C=O) groups excluding carboxylic acids is 1. The predicted octanol–water partition coefficient (Wildman–Crippen LogP) is 1.81. The maximum absolute atomic E-state index is 11.8. The summed E-state index contributed by atoms with van der Waals surface area (Å²) in [5.41, 5.74) is 0.457. The summed E-state index contributed by atoms with van der Waals surface area (Å²) in [4.78, 5) is 13.1. The van der Waals surface area contributed by atoms with Gasteiger partial charge in [-0.25, -0.2) is 4.79 Å². The van der Waals surface area contributed by atoms with Gasteiger partial charge in [0.15, 0.2) is 0 Å². The van der Waals surface area contributed by atoms with Crippen LogP contribution in [0, 0.1) is 0 Å². The fourth-order valence-electron chi connectivity index (χ4n) is 1.38. The summed E-state index contributed by atoms with van der Waals surface area (Å²) in [6.07, 6.45) is 0. The van der Waals surface area contributed by atoms with Crippen molar-refractivity contribution in [3.8, 4) is 0 Å². The van der Waals surface area contributed by atoms with Crippen LogP contribution in [0.25, 0.3) is 0 Å². The summed E-state index contributed by atoms with van der Waals surface area (Å²) in [6.45, 7) is -0.0746. The maximum Gasteiger partial charge on any atom is 0.322 e.